The summed E-state index contributed by atoms with van der Waals surface area (Å²) >= 11 is 0. The minimum Gasteiger partial charge on any atom is -0.467 e. The van der Waals surface area contributed by atoms with Crippen molar-refractivity contribution in [3.63, 3.8) is 0 Å². The van der Waals surface area contributed by atoms with Crippen molar-refractivity contribution in [3.05, 3.63) is 35.4 Å². The maximum atomic E-state index is 12.2. The van der Waals surface area contributed by atoms with Crippen molar-refractivity contribution in [3.8, 4) is 0 Å². The highest BCUT2D eigenvalue weighted by molar-refractivity contribution is 5.82. The number of hydrogen-bond acceptors (Lipinski definition) is 3. The number of esters is 1. The first kappa shape index (κ1) is 15.7. The molecule has 0 aromatic heterocycles. The van der Waals surface area contributed by atoms with Gasteiger partial charge < -0.3 is 4.74 Å². The Bertz CT molecular complexity index is 413. The Morgan fingerprint density at radius 1 is 1.32 bits per heavy atom. The first-order valence-electron chi connectivity index (χ1n) is 6.93. The van der Waals surface area contributed by atoms with Crippen LogP contribution in [0.3, 0.4) is 0 Å². The van der Waals surface area contributed by atoms with Gasteiger partial charge in [0, 0.05) is 6.04 Å². The van der Waals surface area contributed by atoms with Crippen molar-refractivity contribution in [2.75, 3.05) is 7.11 Å². The Kier molecular flexibility index (Phi) is 5.55. The van der Waals surface area contributed by atoms with E-state index in [4.69, 9.17) is 4.74 Å². The van der Waals surface area contributed by atoms with E-state index in [9.17, 15) is 4.79 Å². The van der Waals surface area contributed by atoms with Gasteiger partial charge in [0.05, 0.1) is 7.11 Å². The average Bonchev–Trinajstić information content (AvgIpc) is 2.45. The number of nitrogens with one attached hydrogen (secondary N) is 1. The van der Waals surface area contributed by atoms with Crippen LogP contribution in [0.5, 0.6) is 0 Å². The lowest BCUT2D eigenvalue weighted by atomic mass is 9.90. The molecule has 0 radical (unpaired) electrons. The van der Waals surface area contributed by atoms with Crippen LogP contribution in [0.4, 0.5) is 0 Å². The molecule has 1 aromatic carbocycles. The molecular formula is C16H25NO2. The summed E-state index contributed by atoms with van der Waals surface area (Å²) in [6, 6.07) is 8.38. The van der Waals surface area contributed by atoms with Gasteiger partial charge in [0.1, 0.15) is 5.54 Å². The summed E-state index contributed by atoms with van der Waals surface area (Å²) in [6.45, 7) is 8.16. The third-order valence-electron chi connectivity index (χ3n) is 3.68. The van der Waals surface area contributed by atoms with Crippen LogP contribution in [0.2, 0.25) is 0 Å². The summed E-state index contributed by atoms with van der Waals surface area (Å²) in [7, 11) is 1.43. The number of carbonyl (C=O) groups is 1. The molecule has 0 saturated carbocycles. The van der Waals surface area contributed by atoms with Crippen LogP contribution in [-0.2, 0) is 21.5 Å². The van der Waals surface area contributed by atoms with E-state index in [-0.39, 0.29) is 12.0 Å². The molecule has 2 atom stereocenters. The lowest BCUT2D eigenvalue weighted by molar-refractivity contribution is -0.148. The Morgan fingerprint density at radius 2 is 1.89 bits per heavy atom. The molecule has 0 saturated heterocycles. The van der Waals surface area contributed by atoms with Crippen LogP contribution in [-0.4, -0.2) is 19.1 Å². The molecular weight excluding hydrogens is 238 g/mol. The monoisotopic (exact) mass is 263 g/mol. The largest absolute Gasteiger partial charge is 0.467 e. The number of carbonyl (C=O) groups excluding carboxylic acids is 1. The Morgan fingerprint density at radius 3 is 2.32 bits per heavy atom. The van der Waals surface area contributed by atoms with Gasteiger partial charge >= 0.3 is 5.97 Å². The topological polar surface area (TPSA) is 38.3 Å². The average molecular weight is 263 g/mol. The van der Waals surface area contributed by atoms with Gasteiger partial charge in [-0.25, -0.2) is 4.79 Å². The van der Waals surface area contributed by atoms with E-state index in [0.29, 0.717) is 0 Å². The van der Waals surface area contributed by atoms with Crippen molar-refractivity contribution in [1.29, 1.82) is 0 Å². The Labute approximate surface area is 116 Å². The van der Waals surface area contributed by atoms with Gasteiger partial charge in [0.25, 0.3) is 0 Å². The summed E-state index contributed by atoms with van der Waals surface area (Å²) in [6.07, 6.45) is 1.95. The zero-order chi connectivity index (χ0) is 14.5. The van der Waals surface area contributed by atoms with Gasteiger partial charge in [-0.2, -0.15) is 0 Å². The molecule has 2 unspecified atom stereocenters. The van der Waals surface area contributed by atoms with Crippen LogP contribution < -0.4 is 5.32 Å². The van der Waals surface area contributed by atoms with E-state index < -0.39 is 5.54 Å². The van der Waals surface area contributed by atoms with Crippen LogP contribution in [0, 0.1) is 0 Å². The quantitative estimate of drug-likeness (QED) is 0.802. The summed E-state index contributed by atoms with van der Waals surface area (Å²) in [4.78, 5) is 12.2. The lowest BCUT2D eigenvalue weighted by Crippen LogP contribution is -2.50. The summed E-state index contributed by atoms with van der Waals surface area (Å²) in [5, 5.41) is 3.37. The Balaban J connectivity index is 3.10. The number of ether oxygens (including phenoxy) is 1. The van der Waals surface area contributed by atoms with Crippen molar-refractivity contribution < 1.29 is 9.53 Å². The van der Waals surface area contributed by atoms with Crippen LogP contribution in [0.1, 0.15) is 45.2 Å². The minimum atomic E-state index is -0.795. The van der Waals surface area contributed by atoms with Gasteiger partial charge in [-0.05, 0) is 37.8 Å². The third-order valence-corrected chi connectivity index (χ3v) is 3.68. The van der Waals surface area contributed by atoms with Crippen LogP contribution >= 0.6 is 0 Å². The molecule has 19 heavy (non-hydrogen) atoms. The highest BCUT2D eigenvalue weighted by Crippen LogP contribution is 2.24. The van der Waals surface area contributed by atoms with E-state index >= 15 is 0 Å². The zero-order valence-electron chi connectivity index (χ0n) is 12.6. The van der Waals surface area contributed by atoms with E-state index in [0.717, 1.165) is 18.4 Å². The van der Waals surface area contributed by atoms with Gasteiger partial charge in [-0.1, -0.05) is 38.1 Å². The molecule has 1 aromatic rings. The van der Waals surface area contributed by atoms with Crippen molar-refractivity contribution in [2.45, 2.75) is 52.1 Å². The van der Waals surface area contributed by atoms with Gasteiger partial charge in [0.15, 0.2) is 0 Å². The fraction of sp³-hybridized carbons (Fsp3) is 0.562. The summed E-state index contributed by atoms with van der Waals surface area (Å²) < 4.78 is 4.97. The molecule has 0 aliphatic carbocycles. The number of hydrogen-bond donors (Lipinski definition) is 1. The molecule has 106 valence electrons. The molecule has 0 amide bonds. The first-order chi connectivity index (χ1) is 8.97. The lowest BCUT2D eigenvalue weighted by Gasteiger charge is -2.31. The Hall–Kier alpha value is -1.35. The molecule has 0 aliphatic heterocycles. The van der Waals surface area contributed by atoms with Gasteiger partial charge in [0.2, 0.25) is 0 Å². The minimum absolute atomic E-state index is 0.245. The molecule has 0 spiro atoms. The van der Waals surface area contributed by atoms with Gasteiger partial charge in [-0.15, -0.1) is 0 Å². The smallest absolute Gasteiger partial charge is 0.330 e. The second kappa shape index (κ2) is 6.71. The maximum absolute atomic E-state index is 12.2. The fourth-order valence-corrected chi connectivity index (χ4v) is 2.13. The molecule has 0 aliphatic rings. The number of aryl methyl sites for hydroxylation is 1. The fourth-order valence-electron chi connectivity index (χ4n) is 2.13. The number of methoxy groups -OCH3 is 1. The highest BCUT2D eigenvalue weighted by atomic mass is 16.5. The van der Waals surface area contributed by atoms with Crippen molar-refractivity contribution in [2.24, 2.45) is 0 Å². The van der Waals surface area contributed by atoms with Crippen molar-refractivity contribution >= 4 is 5.97 Å². The van der Waals surface area contributed by atoms with E-state index in [1.807, 2.05) is 19.1 Å². The zero-order valence-corrected chi connectivity index (χ0v) is 12.6. The predicted molar refractivity (Wildman–Crippen MR) is 78.1 cm³/mol. The maximum Gasteiger partial charge on any atom is 0.330 e. The van der Waals surface area contributed by atoms with Crippen molar-refractivity contribution in [1.82, 2.24) is 5.32 Å². The normalized spacial score (nSPS) is 15.6. The molecule has 0 fully saturated rings. The van der Waals surface area contributed by atoms with E-state index in [1.54, 1.807) is 0 Å². The molecule has 3 heteroatoms. The predicted octanol–water partition coefficient (Wildman–Crippen LogP) is 3.03. The molecule has 0 bridgehead atoms. The summed E-state index contributed by atoms with van der Waals surface area (Å²) in [5.41, 5.74) is 1.41. The highest BCUT2D eigenvalue weighted by Gasteiger charge is 2.37. The summed E-state index contributed by atoms with van der Waals surface area (Å²) in [5.74, 6) is -0.253. The third kappa shape index (κ3) is 3.57. The second-order valence-corrected chi connectivity index (χ2v) is 5.12. The molecule has 3 nitrogen and oxygen atoms in total. The van der Waals surface area contributed by atoms with Crippen LogP contribution in [0.25, 0.3) is 0 Å². The van der Waals surface area contributed by atoms with E-state index in [2.05, 4.69) is 38.2 Å². The molecule has 0 heterocycles. The second-order valence-electron chi connectivity index (χ2n) is 5.12. The standard InChI is InChI=1S/C16H25NO2/c1-6-12(3)17-16(4,15(18)19-5)14-10-8-13(7-2)9-11-14/h8-12,17H,6-7H2,1-5H3. The number of benzene rings is 1. The van der Waals surface area contributed by atoms with Crippen LogP contribution in [0.15, 0.2) is 24.3 Å². The van der Waals surface area contributed by atoms with E-state index in [1.165, 1.54) is 12.7 Å². The molecule has 1 N–H and O–H groups in total. The number of rotatable bonds is 6. The SMILES string of the molecule is CCc1ccc(C(C)(NC(C)CC)C(=O)OC)cc1. The molecule has 1 rings (SSSR count). The first-order valence-corrected chi connectivity index (χ1v) is 6.93. The van der Waals surface area contributed by atoms with Gasteiger partial charge in [-0.3, -0.25) is 5.32 Å².